The van der Waals surface area contributed by atoms with Crippen molar-refractivity contribution in [1.29, 1.82) is 0 Å². The predicted octanol–water partition coefficient (Wildman–Crippen LogP) is 3.00. The van der Waals surface area contributed by atoms with E-state index >= 15 is 0 Å². The van der Waals surface area contributed by atoms with E-state index in [0.29, 0.717) is 17.8 Å². The van der Waals surface area contributed by atoms with Crippen molar-refractivity contribution in [2.75, 3.05) is 17.7 Å². The number of hydrogen-bond acceptors (Lipinski definition) is 3. The smallest absolute Gasteiger partial charge is 0.252 e. The highest BCUT2D eigenvalue weighted by atomic mass is 32.2. The van der Waals surface area contributed by atoms with Crippen LogP contribution in [0.15, 0.2) is 47.4 Å². The Hall–Kier alpha value is -2.34. The number of aryl methyl sites for hydroxylation is 1. The molecule has 0 aliphatic carbocycles. The van der Waals surface area contributed by atoms with Gasteiger partial charge >= 0.3 is 0 Å². The Morgan fingerprint density at radius 1 is 1.25 bits per heavy atom. The van der Waals surface area contributed by atoms with Crippen LogP contribution in [-0.4, -0.2) is 30.7 Å². The van der Waals surface area contributed by atoms with Crippen LogP contribution in [0.3, 0.4) is 0 Å². The molecule has 0 unspecified atom stereocenters. The summed E-state index contributed by atoms with van der Waals surface area (Å²) in [7, 11) is 0. The largest absolute Gasteiger partial charge is 0.339 e. The fourth-order valence-corrected chi connectivity index (χ4v) is 3.04. The highest BCUT2D eigenvalue weighted by molar-refractivity contribution is 7.98. The Morgan fingerprint density at radius 3 is 2.58 bits per heavy atom. The van der Waals surface area contributed by atoms with E-state index in [9.17, 15) is 14.0 Å². The quantitative estimate of drug-likeness (QED) is 0.685. The summed E-state index contributed by atoms with van der Waals surface area (Å²) in [6.45, 7) is 2.25. The SMILES string of the molecule is CSc1ccc(C)c(C(=O)N[C@@H]2CN(c3ccc(F)cc3)C2=O)c1. The molecule has 3 rings (SSSR count). The van der Waals surface area contributed by atoms with Gasteiger partial charge in [0.15, 0.2) is 0 Å². The van der Waals surface area contributed by atoms with E-state index in [2.05, 4.69) is 5.32 Å². The van der Waals surface area contributed by atoms with E-state index in [1.54, 1.807) is 23.9 Å². The molecule has 0 spiro atoms. The fourth-order valence-electron chi connectivity index (χ4n) is 2.60. The van der Waals surface area contributed by atoms with Crippen LogP contribution in [0.25, 0.3) is 0 Å². The monoisotopic (exact) mass is 344 g/mol. The minimum absolute atomic E-state index is 0.186. The van der Waals surface area contributed by atoms with Crippen LogP contribution in [0.4, 0.5) is 10.1 Å². The molecule has 0 bridgehead atoms. The molecule has 0 saturated carbocycles. The molecular formula is C18H17FN2O2S. The summed E-state index contributed by atoms with van der Waals surface area (Å²) in [5, 5.41) is 2.77. The van der Waals surface area contributed by atoms with Crippen molar-refractivity contribution in [2.24, 2.45) is 0 Å². The Morgan fingerprint density at radius 2 is 1.96 bits per heavy atom. The molecule has 1 saturated heterocycles. The Bertz CT molecular complexity index is 792. The van der Waals surface area contributed by atoms with Crippen LogP contribution < -0.4 is 10.2 Å². The average Bonchev–Trinajstić information content (AvgIpc) is 2.59. The van der Waals surface area contributed by atoms with Crippen molar-refractivity contribution in [3.8, 4) is 0 Å². The molecule has 0 aromatic heterocycles. The third-order valence-electron chi connectivity index (χ3n) is 4.06. The van der Waals surface area contributed by atoms with Gasteiger partial charge in [-0.3, -0.25) is 9.59 Å². The molecule has 1 N–H and O–H groups in total. The Kier molecular flexibility index (Phi) is 4.57. The van der Waals surface area contributed by atoms with Gasteiger partial charge in [-0.1, -0.05) is 6.07 Å². The average molecular weight is 344 g/mol. The number of amides is 2. The van der Waals surface area contributed by atoms with E-state index in [-0.39, 0.29) is 17.6 Å². The van der Waals surface area contributed by atoms with Gasteiger partial charge in [-0.25, -0.2) is 4.39 Å². The first-order chi connectivity index (χ1) is 11.5. The summed E-state index contributed by atoms with van der Waals surface area (Å²) in [6.07, 6.45) is 1.95. The van der Waals surface area contributed by atoms with Gasteiger partial charge in [0.2, 0.25) is 0 Å². The summed E-state index contributed by atoms with van der Waals surface area (Å²) in [6, 6.07) is 10.9. The zero-order valence-corrected chi connectivity index (χ0v) is 14.2. The molecule has 4 nitrogen and oxygen atoms in total. The first-order valence-corrected chi connectivity index (χ1v) is 8.74. The molecule has 1 aliphatic rings. The van der Waals surface area contributed by atoms with Gasteiger partial charge < -0.3 is 10.2 Å². The van der Waals surface area contributed by atoms with Crippen LogP contribution in [0, 0.1) is 12.7 Å². The maximum atomic E-state index is 12.9. The highest BCUT2D eigenvalue weighted by Crippen LogP contribution is 2.23. The molecule has 6 heteroatoms. The third kappa shape index (κ3) is 3.14. The van der Waals surface area contributed by atoms with E-state index in [1.807, 2.05) is 31.4 Å². The number of carbonyl (C=O) groups is 2. The number of thioether (sulfide) groups is 1. The van der Waals surface area contributed by atoms with Crippen LogP contribution in [-0.2, 0) is 4.79 Å². The molecule has 2 aromatic rings. The van der Waals surface area contributed by atoms with Gasteiger partial charge in [-0.05, 0) is 55.1 Å². The number of anilines is 1. The second kappa shape index (κ2) is 6.65. The van der Waals surface area contributed by atoms with Crippen LogP contribution in [0.5, 0.6) is 0 Å². The summed E-state index contributed by atoms with van der Waals surface area (Å²) in [4.78, 5) is 27.2. The number of β-lactam (4-membered cyclic amide) rings is 1. The van der Waals surface area contributed by atoms with E-state index in [0.717, 1.165) is 10.5 Å². The molecule has 0 radical (unpaired) electrons. The first-order valence-electron chi connectivity index (χ1n) is 7.52. The van der Waals surface area contributed by atoms with Crippen molar-refractivity contribution in [2.45, 2.75) is 17.9 Å². The molecule has 1 atom stereocenters. The summed E-state index contributed by atoms with van der Waals surface area (Å²) in [5.41, 5.74) is 2.08. The summed E-state index contributed by atoms with van der Waals surface area (Å²) >= 11 is 1.56. The van der Waals surface area contributed by atoms with Crippen LogP contribution >= 0.6 is 11.8 Å². The lowest BCUT2D eigenvalue weighted by Gasteiger charge is -2.38. The van der Waals surface area contributed by atoms with Crippen LogP contribution in [0.1, 0.15) is 15.9 Å². The van der Waals surface area contributed by atoms with Crippen molar-refractivity contribution < 1.29 is 14.0 Å². The summed E-state index contributed by atoms with van der Waals surface area (Å²) < 4.78 is 12.9. The summed E-state index contributed by atoms with van der Waals surface area (Å²) in [5.74, 6) is -0.783. The van der Waals surface area contributed by atoms with Gasteiger partial charge in [0.05, 0.1) is 6.54 Å². The van der Waals surface area contributed by atoms with E-state index in [4.69, 9.17) is 0 Å². The lowest BCUT2D eigenvalue weighted by molar-refractivity contribution is -0.124. The topological polar surface area (TPSA) is 49.4 Å². The molecule has 124 valence electrons. The molecular weight excluding hydrogens is 327 g/mol. The van der Waals surface area contributed by atoms with Crippen molar-refractivity contribution in [3.05, 3.63) is 59.4 Å². The lowest BCUT2D eigenvalue weighted by atomic mass is 10.0. The number of carbonyl (C=O) groups excluding carboxylic acids is 2. The van der Waals surface area contributed by atoms with Gasteiger partial charge in [-0.15, -0.1) is 11.8 Å². The van der Waals surface area contributed by atoms with Gasteiger partial charge in [0.25, 0.3) is 11.8 Å². The van der Waals surface area contributed by atoms with Crippen molar-refractivity contribution in [1.82, 2.24) is 5.32 Å². The number of nitrogens with one attached hydrogen (secondary N) is 1. The first kappa shape index (κ1) is 16.5. The van der Waals surface area contributed by atoms with Gasteiger partial charge in [0, 0.05) is 16.1 Å². The zero-order chi connectivity index (χ0) is 17.3. The lowest BCUT2D eigenvalue weighted by Crippen LogP contribution is -2.64. The number of hydrogen-bond donors (Lipinski definition) is 1. The second-order valence-electron chi connectivity index (χ2n) is 5.63. The predicted molar refractivity (Wildman–Crippen MR) is 93.0 cm³/mol. The normalized spacial score (nSPS) is 16.7. The van der Waals surface area contributed by atoms with E-state index < -0.39 is 6.04 Å². The minimum atomic E-state index is -0.542. The van der Waals surface area contributed by atoms with Crippen LogP contribution in [0.2, 0.25) is 0 Å². The molecule has 1 aliphatic heterocycles. The number of benzene rings is 2. The standard InChI is InChI=1S/C18H17FN2O2S/c1-11-3-8-14(24-2)9-15(11)17(22)20-16-10-21(18(16)23)13-6-4-12(19)5-7-13/h3-9,16H,10H2,1-2H3,(H,20,22)/t16-/m1/s1. The minimum Gasteiger partial charge on any atom is -0.339 e. The van der Waals surface area contributed by atoms with Crippen molar-refractivity contribution >= 4 is 29.3 Å². The van der Waals surface area contributed by atoms with E-state index in [1.165, 1.54) is 17.0 Å². The Balaban J connectivity index is 1.67. The van der Waals surface area contributed by atoms with Gasteiger partial charge in [0.1, 0.15) is 11.9 Å². The molecule has 1 heterocycles. The fraction of sp³-hybridized carbons (Fsp3) is 0.222. The molecule has 1 fully saturated rings. The number of halogens is 1. The molecule has 24 heavy (non-hydrogen) atoms. The number of rotatable bonds is 4. The highest BCUT2D eigenvalue weighted by Gasteiger charge is 2.38. The third-order valence-corrected chi connectivity index (χ3v) is 4.79. The molecule has 2 amide bonds. The zero-order valence-electron chi connectivity index (χ0n) is 13.4. The Labute approximate surface area is 144 Å². The maximum Gasteiger partial charge on any atom is 0.252 e. The second-order valence-corrected chi connectivity index (χ2v) is 6.51. The van der Waals surface area contributed by atoms with Gasteiger partial charge in [-0.2, -0.15) is 0 Å². The maximum absolute atomic E-state index is 12.9. The van der Waals surface area contributed by atoms with Crippen molar-refractivity contribution in [3.63, 3.8) is 0 Å². The number of nitrogens with zero attached hydrogens (tertiary/aromatic N) is 1. The molecule has 2 aromatic carbocycles.